The van der Waals surface area contributed by atoms with Crippen molar-refractivity contribution in [3.05, 3.63) is 0 Å². The van der Waals surface area contributed by atoms with E-state index in [2.05, 4.69) is 31.0 Å². The number of aliphatic imine (C=N–C) groups is 1. The first-order valence-corrected chi connectivity index (χ1v) is 8.26. The summed E-state index contributed by atoms with van der Waals surface area (Å²) in [5, 5.41) is 3.62. The molecule has 3 aliphatic rings. The van der Waals surface area contributed by atoms with Crippen LogP contribution in [0.4, 0.5) is 0 Å². The van der Waals surface area contributed by atoms with E-state index in [1.807, 2.05) is 0 Å². The molecule has 108 valence electrons. The van der Waals surface area contributed by atoms with Crippen LogP contribution in [0, 0.1) is 5.92 Å². The first-order chi connectivity index (χ1) is 9.13. The van der Waals surface area contributed by atoms with E-state index in [1.165, 1.54) is 50.9 Å². The Bertz CT molecular complexity index is 350. The highest BCUT2D eigenvalue weighted by Crippen LogP contribution is 2.36. The maximum Gasteiger partial charge on any atom is 0.194 e. The van der Waals surface area contributed by atoms with Crippen LogP contribution in [0.3, 0.4) is 0 Å². The van der Waals surface area contributed by atoms with Crippen molar-refractivity contribution in [3.63, 3.8) is 0 Å². The highest BCUT2D eigenvalue weighted by atomic mass is 15.4. The lowest BCUT2D eigenvalue weighted by Crippen LogP contribution is -2.59. The Morgan fingerprint density at radius 2 is 2.00 bits per heavy atom. The van der Waals surface area contributed by atoms with E-state index < -0.39 is 0 Å². The summed E-state index contributed by atoms with van der Waals surface area (Å²) in [5.41, 5.74) is 0. The molecular weight excluding hydrogens is 234 g/mol. The fourth-order valence-electron chi connectivity index (χ4n) is 4.12. The number of rotatable bonds is 4. The number of nitrogens with zero attached hydrogens (tertiary/aromatic N) is 2. The minimum atomic E-state index is 0.576. The lowest BCUT2D eigenvalue weighted by Gasteiger charge is -2.44. The molecule has 19 heavy (non-hydrogen) atoms. The largest absolute Gasteiger partial charge is 0.354 e. The van der Waals surface area contributed by atoms with Gasteiger partial charge in [0.25, 0.3) is 0 Å². The maximum atomic E-state index is 5.02. The molecule has 0 aliphatic carbocycles. The van der Waals surface area contributed by atoms with Gasteiger partial charge in [-0.25, -0.2) is 4.99 Å². The summed E-state index contributed by atoms with van der Waals surface area (Å²) < 4.78 is 0. The molecule has 3 heteroatoms. The third kappa shape index (κ3) is 2.75. The first kappa shape index (κ1) is 13.3. The molecular formula is C16H29N3. The van der Waals surface area contributed by atoms with Crippen LogP contribution in [0.5, 0.6) is 0 Å². The van der Waals surface area contributed by atoms with E-state index in [4.69, 9.17) is 4.99 Å². The van der Waals surface area contributed by atoms with Crippen LogP contribution in [-0.4, -0.2) is 35.0 Å². The lowest BCUT2D eigenvalue weighted by molar-refractivity contribution is 0.209. The molecule has 0 radical (unpaired) electrons. The van der Waals surface area contributed by atoms with Crippen molar-refractivity contribution in [2.75, 3.05) is 0 Å². The van der Waals surface area contributed by atoms with Gasteiger partial charge >= 0.3 is 0 Å². The summed E-state index contributed by atoms with van der Waals surface area (Å²) in [4.78, 5) is 7.63. The normalized spacial score (nSPS) is 37.1. The molecule has 1 N–H and O–H groups in total. The van der Waals surface area contributed by atoms with Crippen molar-refractivity contribution in [1.29, 1.82) is 0 Å². The van der Waals surface area contributed by atoms with Crippen LogP contribution in [0.15, 0.2) is 4.99 Å². The monoisotopic (exact) mass is 263 g/mol. The molecule has 0 amide bonds. The quantitative estimate of drug-likeness (QED) is 0.843. The van der Waals surface area contributed by atoms with Crippen LogP contribution >= 0.6 is 0 Å². The zero-order valence-corrected chi connectivity index (χ0v) is 12.7. The first-order valence-electron chi connectivity index (χ1n) is 8.26. The van der Waals surface area contributed by atoms with Crippen molar-refractivity contribution >= 4 is 5.96 Å². The third-order valence-electron chi connectivity index (χ3n) is 5.03. The SMILES string of the molecule is CC(C)CCCC1CC2CCC3CC(C)NC(=N1)N23. The molecule has 2 saturated heterocycles. The van der Waals surface area contributed by atoms with Crippen LogP contribution in [0.25, 0.3) is 0 Å². The summed E-state index contributed by atoms with van der Waals surface area (Å²) in [7, 11) is 0. The molecule has 0 aromatic carbocycles. The fraction of sp³-hybridized carbons (Fsp3) is 0.938. The van der Waals surface area contributed by atoms with Crippen molar-refractivity contribution in [2.45, 2.75) is 89.9 Å². The summed E-state index contributed by atoms with van der Waals surface area (Å²) in [6, 6.07) is 2.73. The predicted molar refractivity (Wildman–Crippen MR) is 80.4 cm³/mol. The number of hydrogen-bond acceptors (Lipinski definition) is 3. The zero-order chi connectivity index (χ0) is 13.4. The predicted octanol–water partition coefficient (Wildman–Crippen LogP) is 3.16. The highest BCUT2D eigenvalue weighted by Gasteiger charge is 2.43. The Hall–Kier alpha value is -0.730. The fourth-order valence-corrected chi connectivity index (χ4v) is 4.12. The minimum Gasteiger partial charge on any atom is -0.354 e. The molecule has 0 aromatic rings. The Kier molecular flexibility index (Phi) is 3.72. The van der Waals surface area contributed by atoms with Gasteiger partial charge in [0.15, 0.2) is 5.96 Å². The second-order valence-corrected chi connectivity index (χ2v) is 7.24. The van der Waals surface area contributed by atoms with Gasteiger partial charge in [-0.15, -0.1) is 0 Å². The average molecular weight is 263 g/mol. The number of hydrogen-bond donors (Lipinski definition) is 1. The van der Waals surface area contributed by atoms with Crippen LogP contribution in [0.2, 0.25) is 0 Å². The lowest BCUT2D eigenvalue weighted by atomic mass is 9.96. The van der Waals surface area contributed by atoms with Gasteiger partial charge in [0.05, 0.1) is 6.04 Å². The Morgan fingerprint density at radius 3 is 2.74 bits per heavy atom. The van der Waals surface area contributed by atoms with Gasteiger partial charge in [-0.3, -0.25) is 0 Å². The summed E-state index contributed by atoms with van der Waals surface area (Å²) in [6.45, 7) is 6.94. The van der Waals surface area contributed by atoms with Gasteiger partial charge in [0, 0.05) is 18.1 Å². The standard InChI is InChI=1S/C16H29N3/c1-11(2)5-4-6-13-10-15-8-7-14-9-12(3)17-16(18-13)19(14)15/h11-15H,4-10H2,1-3H3,(H,17,18). The molecule has 2 fully saturated rings. The third-order valence-corrected chi connectivity index (χ3v) is 5.03. The van der Waals surface area contributed by atoms with Gasteiger partial charge in [-0.2, -0.15) is 0 Å². The summed E-state index contributed by atoms with van der Waals surface area (Å²) >= 11 is 0. The molecule has 0 spiro atoms. The molecule has 4 atom stereocenters. The Balaban J connectivity index is 1.65. The highest BCUT2D eigenvalue weighted by molar-refractivity contribution is 5.83. The number of nitrogens with one attached hydrogen (secondary N) is 1. The molecule has 3 rings (SSSR count). The van der Waals surface area contributed by atoms with Gasteiger partial charge in [-0.05, 0) is 44.9 Å². The second-order valence-electron chi connectivity index (χ2n) is 7.24. The van der Waals surface area contributed by atoms with E-state index in [-0.39, 0.29) is 0 Å². The van der Waals surface area contributed by atoms with E-state index in [0.29, 0.717) is 12.1 Å². The van der Waals surface area contributed by atoms with Crippen LogP contribution in [0.1, 0.15) is 65.7 Å². The molecule has 3 aliphatic heterocycles. The smallest absolute Gasteiger partial charge is 0.194 e. The maximum absolute atomic E-state index is 5.02. The topological polar surface area (TPSA) is 27.6 Å². The van der Waals surface area contributed by atoms with E-state index in [1.54, 1.807) is 0 Å². The van der Waals surface area contributed by atoms with Crippen molar-refractivity contribution < 1.29 is 0 Å². The second kappa shape index (κ2) is 5.34. The average Bonchev–Trinajstić information content (AvgIpc) is 2.72. The number of guanidine groups is 1. The van der Waals surface area contributed by atoms with E-state index >= 15 is 0 Å². The van der Waals surface area contributed by atoms with Gasteiger partial charge in [0.2, 0.25) is 0 Å². The molecule has 3 nitrogen and oxygen atoms in total. The molecule has 0 saturated carbocycles. The van der Waals surface area contributed by atoms with Gasteiger partial charge in [-0.1, -0.05) is 26.7 Å². The van der Waals surface area contributed by atoms with Crippen molar-refractivity contribution in [2.24, 2.45) is 10.9 Å². The summed E-state index contributed by atoms with van der Waals surface area (Å²) in [6.07, 6.45) is 9.34. The summed E-state index contributed by atoms with van der Waals surface area (Å²) in [5.74, 6) is 2.06. The molecule has 4 unspecified atom stereocenters. The Morgan fingerprint density at radius 1 is 1.26 bits per heavy atom. The minimum absolute atomic E-state index is 0.576. The van der Waals surface area contributed by atoms with Crippen LogP contribution in [-0.2, 0) is 0 Å². The molecule has 0 aromatic heterocycles. The van der Waals surface area contributed by atoms with Crippen LogP contribution < -0.4 is 5.32 Å². The van der Waals surface area contributed by atoms with Gasteiger partial charge in [0.1, 0.15) is 0 Å². The van der Waals surface area contributed by atoms with E-state index in [0.717, 1.165) is 18.0 Å². The van der Waals surface area contributed by atoms with Crippen molar-refractivity contribution in [1.82, 2.24) is 10.2 Å². The zero-order valence-electron chi connectivity index (χ0n) is 12.7. The van der Waals surface area contributed by atoms with Crippen molar-refractivity contribution in [3.8, 4) is 0 Å². The Labute approximate surface area is 117 Å². The van der Waals surface area contributed by atoms with E-state index in [9.17, 15) is 0 Å². The molecule has 3 heterocycles. The van der Waals surface area contributed by atoms with Gasteiger partial charge < -0.3 is 10.2 Å². The molecule has 0 bridgehead atoms.